The van der Waals surface area contributed by atoms with Gasteiger partial charge in [-0.1, -0.05) is 20.8 Å². The van der Waals surface area contributed by atoms with Crippen LogP contribution < -0.4 is 16.0 Å². The van der Waals surface area contributed by atoms with Gasteiger partial charge >= 0.3 is 0 Å². The standard InChI is InChI=1S/C17H33F2N5O/c1-5-20-16(22-9-8-21-15(25)17(2,3)4)23-13-6-10-24(11-7-13)12-14(18)19/h13-14H,5-12H2,1-4H3,(H,21,25)(H2,20,22,23). The lowest BCUT2D eigenvalue weighted by Crippen LogP contribution is -2.49. The number of nitrogens with zero attached hydrogens (tertiary/aromatic N) is 2. The van der Waals surface area contributed by atoms with Gasteiger partial charge in [0.05, 0.1) is 13.1 Å². The second kappa shape index (κ2) is 10.5. The Morgan fingerprint density at radius 1 is 1.24 bits per heavy atom. The van der Waals surface area contributed by atoms with Crippen LogP contribution in [0.5, 0.6) is 0 Å². The summed E-state index contributed by atoms with van der Waals surface area (Å²) < 4.78 is 24.8. The Morgan fingerprint density at radius 3 is 2.40 bits per heavy atom. The minimum absolute atomic E-state index is 0.00654. The van der Waals surface area contributed by atoms with E-state index in [2.05, 4.69) is 20.9 Å². The van der Waals surface area contributed by atoms with E-state index in [1.165, 1.54) is 0 Å². The van der Waals surface area contributed by atoms with Crippen molar-refractivity contribution in [3.63, 3.8) is 0 Å². The smallest absolute Gasteiger partial charge is 0.251 e. The highest BCUT2D eigenvalue weighted by Crippen LogP contribution is 2.12. The van der Waals surface area contributed by atoms with E-state index in [9.17, 15) is 13.6 Å². The van der Waals surface area contributed by atoms with Gasteiger partial charge in [0.15, 0.2) is 5.96 Å². The van der Waals surface area contributed by atoms with Gasteiger partial charge in [0, 0.05) is 37.6 Å². The fourth-order valence-corrected chi connectivity index (χ4v) is 2.57. The molecule has 1 fully saturated rings. The van der Waals surface area contributed by atoms with Gasteiger partial charge in [0.2, 0.25) is 5.91 Å². The molecule has 6 nitrogen and oxygen atoms in total. The quantitative estimate of drug-likeness (QED) is 0.365. The summed E-state index contributed by atoms with van der Waals surface area (Å²) in [6, 6.07) is 0.232. The van der Waals surface area contributed by atoms with E-state index in [1.54, 1.807) is 4.90 Å². The molecule has 0 bridgehead atoms. The summed E-state index contributed by atoms with van der Waals surface area (Å²) in [6.07, 6.45) is -0.637. The zero-order valence-electron chi connectivity index (χ0n) is 15.9. The average molecular weight is 361 g/mol. The lowest BCUT2D eigenvalue weighted by atomic mass is 9.96. The molecule has 1 heterocycles. The zero-order chi connectivity index (χ0) is 18.9. The largest absolute Gasteiger partial charge is 0.357 e. The molecular weight excluding hydrogens is 328 g/mol. The van der Waals surface area contributed by atoms with Crippen LogP contribution in [0.15, 0.2) is 4.99 Å². The first-order valence-corrected chi connectivity index (χ1v) is 9.06. The van der Waals surface area contributed by atoms with Crippen molar-refractivity contribution >= 4 is 11.9 Å². The second-order valence-corrected chi connectivity index (χ2v) is 7.38. The van der Waals surface area contributed by atoms with Gasteiger partial charge in [-0.2, -0.15) is 0 Å². The summed E-state index contributed by atoms with van der Waals surface area (Å²) >= 11 is 0. The van der Waals surface area contributed by atoms with Gasteiger partial charge in [0.25, 0.3) is 6.43 Å². The van der Waals surface area contributed by atoms with Crippen molar-refractivity contribution in [2.24, 2.45) is 10.4 Å². The lowest BCUT2D eigenvalue weighted by Gasteiger charge is -2.32. The van der Waals surface area contributed by atoms with E-state index in [1.807, 2.05) is 27.7 Å². The summed E-state index contributed by atoms with van der Waals surface area (Å²) in [4.78, 5) is 18.1. The number of likely N-dealkylation sites (tertiary alicyclic amines) is 1. The van der Waals surface area contributed by atoms with Gasteiger partial charge < -0.3 is 16.0 Å². The predicted molar refractivity (Wildman–Crippen MR) is 97.0 cm³/mol. The van der Waals surface area contributed by atoms with Crippen molar-refractivity contribution in [3.05, 3.63) is 0 Å². The summed E-state index contributed by atoms with van der Waals surface area (Å²) in [5.74, 6) is 0.715. The first-order chi connectivity index (χ1) is 11.7. The molecule has 1 saturated heterocycles. The van der Waals surface area contributed by atoms with Crippen molar-refractivity contribution in [2.45, 2.75) is 53.0 Å². The molecule has 0 saturated carbocycles. The predicted octanol–water partition coefficient (Wildman–Crippen LogP) is 1.43. The molecule has 0 radical (unpaired) electrons. The van der Waals surface area contributed by atoms with Crippen molar-refractivity contribution in [1.82, 2.24) is 20.9 Å². The van der Waals surface area contributed by atoms with Gasteiger partial charge in [-0.25, -0.2) is 8.78 Å². The van der Waals surface area contributed by atoms with Crippen LogP contribution >= 0.6 is 0 Å². The molecule has 25 heavy (non-hydrogen) atoms. The number of guanidine groups is 1. The third-order valence-corrected chi connectivity index (χ3v) is 4.02. The average Bonchev–Trinajstić information content (AvgIpc) is 2.51. The van der Waals surface area contributed by atoms with Gasteiger partial charge in [-0.05, 0) is 19.8 Å². The second-order valence-electron chi connectivity index (χ2n) is 7.38. The number of alkyl halides is 2. The maximum absolute atomic E-state index is 12.4. The highest BCUT2D eigenvalue weighted by molar-refractivity contribution is 5.81. The van der Waals surface area contributed by atoms with E-state index in [4.69, 9.17) is 0 Å². The SMILES string of the molecule is CCNC(=NCCNC(=O)C(C)(C)C)NC1CCN(CC(F)F)CC1. The minimum Gasteiger partial charge on any atom is -0.357 e. The van der Waals surface area contributed by atoms with Gasteiger partial charge in [-0.3, -0.25) is 14.7 Å². The maximum atomic E-state index is 12.4. The van der Waals surface area contributed by atoms with Crippen molar-refractivity contribution < 1.29 is 13.6 Å². The van der Waals surface area contributed by atoms with Crippen LogP contribution in [-0.2, 0) is 4.79 Å². The van der Waals surface area contributed by atoms with Crippen LogP contribution in [0.3, 0.4) is 0 Å². The maximum Gasteiger partial charge on any atom is 0.251 e. The molecule has 0 aromatic heterocycles. The Labute approximate surface area is 149 Å². The van der Waals surface area contributed by atoms with Crippen molar-refractivity contribution in [1.29, 1.82) is 0 Å². The summed E-state index contributed by atoms with van der Waals surface area (Å²) in [7, 11) is 0. The summed E-state index contributed by atoms with van der Waals surface area (Å²) in [5, 5.41) is 9.41. The van der Waals surface area contributed by atoms with E-state index in [-0.39, 0.29) is 18.5 Å². The van der Waals surface area contributed by atoms with Gasteiger partial charge in [0.1, 0.15) is 0 Å². The zero-order valence-corrected chi connectivity index (χ0v) is 15.9. The Balaban J connectivity index is 2.37. The molecule has 8 heteroatoms. The number of hydrogen-bond acceptors (Lipinski definition) is 3. The van der Waals surface area contributed by atoms with Crippen LogP contribution in [0.4, 0.5) is 8.78 Å². The van der Waals surface area contributed by atoms with Crippen molar-refractivity contribution in [3.8, 4) is 0 Å². The highest BCUT2D eigenvalue weighted by atomic mass is 19.3. The first kappa shape index (κ1) is 21.6. The van der Waals surface area contributed by atoms with Crippen LogP contribution in [0.25, 0.3) is 0 Å². The molecule has 0 spiro atoms. The molecule has 0 aromatic rings. The molecule has 1 amide bonds. The number of carbonyl (C=O) groups excluding carboxylic acids is 1. The molecule has 0 atom stereocenters. The number of rotatable bonds is 7. The molecule has 0 aliphatic carbocycles. The molecule has 1 aliphatic rings. The Bertz CT molecular complexity index is 429. The van der Waals surface area contributed by atoms with E-state index in [0.29, 0.717) is 32.1 Å². The van der Waals surface area contributed by atoms with Crippen molar-refractivity contribution in [2.75, 3.05) is 39.3 Å². The highest BCUT2D eigenvalue weighted by Gasteiger charge is 2.22. The van der Waals surface area contributed by atoms with Crippen LogP contribution in [0, 0.1) is 5.41 Å². The molecular formula is C17H33F2N5O. The number of carbonyl (C=O) groups is 1. The first-order valence-electron chi connectivity index (χ1n) is 9.06. The Kier molecular flexibility index (Phi) is 9.10. The third kappa shape index (κ3) is 9.00. The molecule has 146 valence electrons. The number of piperidine rings is 1. The number of halogens is 2. The van der Waals surface area contributed by atoms with E-state index in [0.717, 1.165) is 19.4 Å². The lowest BCUT2D eigenvalue weighted by molar-refractivity contribution is -0.128. The van der Waals surface area contributed by atoms with Gasteiger partial charge in [-0.15, -0.1) is 0 Å². The van der Waals surface area contributed by atoms with E-state index >= 15 is 0 Å². The third-order valence-electron chi connectivity index (χ3n) is 4.02. The van der Waals surface area contributed by atoms with Crippen LogP contribution in [0.2, 0.25) is 0 Å². The number of hydrogen-bond donors (Lipinski definition) is 3. The molecule has 3 N–H and O–H groups in total. The molecule has 0 aromatic carbocycles. The number of aliphatic imine (C=N–C) groups is 1. The topological polar surface area (TPSA) is 68.8 Å². The number of amides is 1. The fourth-order valence-electron chi connectivity index (χ4n) is 2.57. The van der Waals surface area contributed by atoms with Crippen LogP contribution in [0.1, 0.15) is 40.5 Å². The summed E-state index contributed by atoms with van der Waals surface area (Å²) in [6.45, 7) is 10.5. The Morgan fingerprint density at radius 2 is 1.88 bits per heavy atom. The molecule has 0 unspecified atom stereocenters. The number of nitrogens with one attached hydrogen (secondary N) is 3. The van der Waals surface area contributed by atoms with E-state index < -0.39 is 11.8 Å². The fraction of sp³-hybridized carbons (Fsp3) is 0.882. The monoisotopic (exact) mass is 361 g/mol. The summed E-state index contributed by atoms with van der Waals surface area (Å²) in [5.41, 5.74) is -0.404. The minimum atomic E-state index is -2.27. The molecule has 1 rings (SSSR count). The van der Waals surface area contributed by atoms with Crippen LogP contribution in [-0.4, -0.2) is 68.5 Å². The normalized spacial score (nSPS) is 17.6. The Hall–Kier alpha value is -1.44. The molecule has 1 aliphatic heterocycles.